The number of nitrogens with zero attached hydrogens (tertiary/aromatic N) is 1. The molecule has 1 saturated heterocycles. The highest BCUT2D eigenvalue weighted by molar-refractivity contribution is 5.48. The van der Waals surface area contributed by atoms with Crippen LogP contribution in [0, 0.1) is 0 Å². The summed E-state index contributed by atoms with van der Waals surface area (Å²) in [6.07, 6.45) is 3.15. The van der Waals surface area contributed by atoms with E-state index >= 15 is 0 Å². The molecule has 3 rings (SSSR count). The number of aliphatic hydroxyl groups excluding tert-OH is 1. The number of likely N-dealkylation sites (N-methyl/N-ethyl adjacent to an activating group) is 1. The van der Waals surface area contributed by atoms with Gasteiger partial charge in [0.1, 0.15) is 0 Å². The minimum absolute atomic E-state index is 0.192. The molecular weight excluding hydrogens is 266 g/mol. The molecule has 0 unspecified atom stereocenters. The summed E-state index contributed by atoms with van der Waals surface area (Å²) in [6.45, 7) is -2.11. The zero-order valence-corrected chi connectivity index (χ0v) is 11.4. The second-order valence-corrected chi connectivity index (χ2v) is 5.53. The van der Waals surface area contributed by atoms with Crippen LogP contribution in [0.2, 0.25) is 0 Å². The first kappa shape index (κ1) is 7.16. The molecule has 1 aliphatic carbocycles. The highest BCUT2D eigenvalue weighted by Gasteiger charge is 2.48. The van der Waals surface area contributed by atoms with E-state index in [1.165, 1.54) is 17.0 Å². The number of rotatable bonds is 3. The molecule has 1 aliphatic heterocycles. The molecular formula is C17H23NO3. The quantitative estimate of drug-likeness (QED) is 0.866. The standard InChI is InChI=1S/C17H23NO3/c1-18-9-8-17(7-6-13(19)11-16(17)18)12-4-5-14(20-2)15(10-12)21-3/h4-7,10,13,16,19H,8-9,11H2,1-3H3/t13-,16-,17-/m0/s1/i1D3,2D3,3D3. The summed E-state index contributed by atoms with van der Waals surface area (Å²) >= 11 is 0. The monoisotopic (exact) mass is 298 g/mol. The Balaban J connectivity index is 2.09. The largest absolute Gasteiger partial charge is 0.493 e. The fraction of sp³-hybridized carbons (Fsp3) is 0.529. The lowest BCUT2D eigenvalue weighted by atomic mass is 9.69. The first-order valence-electron chi connectivity index (χ1n) is 11.3. The molecule has 4 heteroatoms. The number of benzene rings is 1. The Kier molecular flexibility index (Phi) is 1.83. The topological polar surface area (TPSA) is 41.9 Å². The van der Waals surface area contributed by atoms with Crippen molar-refractivity contribution in [3.8, 4) is 11.5 Å². The van der Waals surface area contributed by atoms with Crippen LogP contribution in [0.3, 0.4) is 0 Å². The van der Waals surface area contributed by atoms with Crippen LogP contribution in [0.4, 0.5) is 0 Å². The summed E-state index contributed by atoms with van der Waals surface area (Å²) in [6, 6.07) is 3.71. The van der Waals surface area contributed by atoms with E-state index in [-0.39, 0.29) is 24.5 Å². The zero-order chi connectivity index (χ0) is 22.5. The molecule has 1 aromatic rings. The maximum atomic E-state index is 10.1. The number of likely N-dealkylation sites (tertiary alicyclic amines) is 1. The maximum absolute atomic E-state index is 10.1. The van der Waals surface area contributed by atoms with Crippen LogP contribution in [0.5, 0.6) is 11.5 Å². The second kappa shape index (κ2) is 5.35. The molecule has 0 saturated carbocycles. The van der Waals surface area contributed by atoms with Gasteiger partial charge in [0.05, 0.1) is 28.4 Å². The van der Waals surface area contributed by atoms with E-state index in [2.05, 4.69) is 0 Å². The highest BCUT2D eigenvalue weighted by atomic mass is 16.5. The average molecular weight is 298 g/mol. The Hall–Kier alpha value is -1.52. The molecule has 1 N–H and O–H groups in total. The molecule has 21 heavy (non-hydrogen) atoms. The fourth-order valence-corrected chi connectivity index (χ4v) is 3.42. The number of hydrogen-bond acceptors (Lipinski definition) is 4. The zero-order valence-electron chi connectivity index (χ0n) is 20.4. The highest BCUT2D eigenvalue weighted by Crippen LogP contribution is 2.46. The predicted octanol–water partition coefficient (Wildman–Crippen LogP) is 1.97. The van der Waals surface area contributed by atoms with Gasteiger partial charge in [0.2, 0.25) is 0 Å². The first-order chi connectivity index (χ1) is 13.6. The number of hydrogen-bond donors (Lipinski definition) is 1. The van der Waals surface area contributed by atoms with Gasteiger partial charge in [-0.3, -0.25) is 0 Å². The van der Waals surface area contributed by atoms with Gasteiger partial charge in [0, 0.05) is 15.6 Å². The van der Waals surface area contributed by atoms with Gasteiger partial charge in [-0.1, -0.05) is 18.2 Å². The van der Waals surface area contributed by atoms with E-state index in [1.807, 2.05) is 0 Å². The molecule has 0 bridgehead atoms. The van der Waals surface area contributed by atoms with E-state index in [1.54, 1.807) is 18.2 Å². The van der Waals surface area contributed by atoms with Crippen LogP contribution in [0.15, 0.2) is 30.4 Å². The van der Waals surface area contributed by atoms with Crippen molar-refractivity contribution < 1.29 is 26.9 Å². The number of fused-ring (bicyclic) bond motifs is 1. The van der Waals surface area contributed by atoms with Gasteiger partial charge in [-0.2, -0.15) is 0 Å². The molecule has 1 fully saturated rings. The summed E-state index contributed by atoms with van der Waals surface area (Å²) in [5.41, 5.74) is -0.251. The third-order valence-corrected chi connectivity index (χ3v) is 4.52. The van der Waals surface area contributed by atoms with Gasteiger partial charge in [0.15, 0.2) is 11.5 Å². The van der Waals surface area contributed by atoms with Crippen molar-refractivity contribution in [2.75, 3.05) is 27.6 Å². The third-order valence-electron chi connectivity index (χ3n) is 4.52. The van der Waals surface area contributed by atoms with Gasteiger partial charge >= 0.3 is 0 Å². The van der Waals surface area contributed by atoms with Crippen LogP contribution in [0.25, 0.3) is 0 Å². The smallest absolute Gasteiger partial charge is 0.161 e. The molecule has 0 amide bonds. The average Bonchev–Trinajstić information content (AvgIpc) is 2.94. The molecule has 0 radical (unpaired) electrons. The number of aliphatic hydroxyl groups is 1. The molecule has 3 atom stereocenters. The van der Waals surface area contributed by atoms with Gasteiger partial charge in [-0.15, -0.1) is 0 Å². The van der Waals surface area contributed by atoms with E-state index in [9.17, 15) is 5.11 Å². The Morgan fingerprint density at radius 2 is 2.19 bits per heavy atom. The molecule has 1 heterocycles. The molecule has 1 aromatic carbocycles. The number of methoxy groups -OCH3 is 2. The van der Waals surface area contributed by atoms with E-state index in [0.717, 1.165) is 0 Å². The van der Waals surface area contributed by atoms with Gasteiger partial charge in [-0.05, 0) is 44.1 Å². The van der Waals surface area contributed by atoms with Crippen molar-refractivity contribution in [3.63, 3.8) is 0 Å². The molecule has 2 aliphatic rings. The minimum atomic E-state index is -2.85. The Labute approximate surface area is 138 Å². The van der Waals surface area contributed by atoms with Crippen LogP contribution in [0.1, 0.15) is 30.7 Å². The summed E-state index contributed by atoms with van der Waals surface area (Å²) < 4.78 is 77.4. The van der Waals surface area contributed by atoms with Crippen LogP contribution < -0.4 is 9.47 Å². The Bertz CT molecular complexity index is 818. The maximum Gasteiger partial charge on any atom is 0.161 e. The lowest BCUT2D eigenvalue weighted by Crippen LogP contribution is -2.44. The SMILES string of the molecule is [2H]C([2H])([2H])Oc1ccc([C@@]23C=C[C@H](O)C[C@@H]2N(C([2H])([2H])[2H])CC3)cc1OC([2H])([2H])[2H]. The summed E-state index contributed by atoms with van der Waals surface area (Å²) in [5.74, 6) is -0.531. The normalized spacial score (nSPS) is 40.1. The van der Waals surface area contributed by atoms with Crippen molar-refractivity contribution in [2.24, 2.45) is 0 Å². The van der Waals surface area contributed by atoms with Gasteiger partial charge in [0.25, 0.3) is 0 Å². The van der Waals surface area contributed by atoms with E-state index in [4.69, 9.17) is 21.8 Å². The molecule has 114 valence electrons. The fourth-order valence-electron chi connectivity index (χ4n) is 3.42. The Morgan fingerprint density at radius 1 is 1.33 bits per heavy atom. The van der Waals surface area contributed by atoms with Crippen molar-refractivity contribution in [3.05, 3.63) is 35.9 Å². The van der Waals surface area contributed by atoms with E-state index in [0.29, 0.717) is 12.0 Å². The van der Waals surface area contributed by atoms with Crippen LogP contribution >= 0.6 is 0 Å². The van der Waals surface area contributed by atoms with Gasteiger partial charge in [-0.25, -0.2) is 0 Å². The van der Waals surface area contributed by atoms with Crippen LogP contribution in [-0.4, -0.2) is 49.7 Å². The summed E-state index contributed by atoms with van der Waals surface area (Å²) in [7, 11) is -5.66. The lowest BCUT2D eigenvalue weighted by molar-refractivity contribution is 0.137. The molecule has 4 nitrogen and oxygen atoms in total. The summed E-state index contributed by atoms with van der Waals surface area (Å²) in [5, 5.41) is 10.1. The first-order valence-corrected chi connectivity index (χ1v) is 6.77. The lowest BCUT2D eigenvalue weighted by Gasteiger charge is -2.39. The van der Waals surface area contributed by atoms with Crippen LogP contribution in [-0.2, 0) is 5.41 Å². The minimum Gasteiger partial charge on any atom is -0.493 e. The van der Waals surface area contributed by atoms with E-state index < -0.39 is 38.6 Å². The van der Waals surface area contributed by atoms with Crippen molar-refractivity contribution >= 4 is 0 Å². The summed E-state index contributed by atoms with van der Waals surface area (Å²) in [4.78, 5) is 1.36. The van der Waals surface area contributed by atoms with Crippen molar-refractivity contribution in [1.82, 2.24) is 4.90 Å². The Morgan fingerprint density at radius 3 is 3.00 bits per heavy atom. The van der Waals surface area contributed by atoms with Crippen molar-refractivity contribution in [2.45, 2.75) is 30.4 Å². The number of ether oxygens (including phenoxy) is 2. The second-order valence-electron chi connectivity index (χ2n) is 5.53. The predicted molar refractivity (Wildman–Crippen MR) is 82.0 cm³/mol. The molecule has 0 spiro atoms. The van der Waals surface area contributed by atoms with Gasteiger partial charge < -0.3 is 19.5 Å². The molecule has 0 aromatic heterocycles. The third kappa shape index (κ3) is 2.23. The van der Waals surface area contributed by atoms with Crippen molar-refractivity contribution in [1.29, 1.82) is 0 Å².